The summed E-state index contributed by atoms with van der Waals surface area (Å²) in [6.07, 6.45) is 4.02. The van der Waals surface area contributed by atoms with Gasteiger partial charge in [0.25, 0.3) is 0 Å². The van der Waals surface area contributed by atoms with Crippen LogP contribution in [0.5, 0.6) is 0 Å². The summed E-state index contributed by atoms with van der Waals surface area (Å²) >= 11 is 0. The second-order valence-corrected chi connectivity index (χ2v) is 13.8. The summed E-state index contributed by atoms with van der Waals surface area (Å²) in [5, 5.41) is 0. The summed E-state index contributed by atoms with van der Waals surface area (Å²) in [6, 6.07) is 18.5. The van der Waals surface area contributed by atoms with Crippen LogP contribution in [-0.2, 0) is 21.2 Å². The molecule has 2 unspecified atom stereocenters. The number of amides is 1. The highest BCUT2D eigenvalue weighted by atomic mass is 35.5. The van der Waals surface area contributed by atoms with E-state index in [1.807, 2.05) is 17.0 Å². The molecule has 0 saturated carbocycles. The fraction of sp³-hybridized carbons (Fsp3) is 0.567. The lowest BCUT2D eigenvalue weighted by Gasteiger charge is -2.39. The average molecular weight is 597 g/mol. The quantitative estimate of drug-likeness (QED) is 0.457. The third-order valence-corrected chi connectivity index (χ3v) is 10.2. The minimum atomic E-state index is -3.21. The Labute approximate surface area is 246 Å². The molecule has 0 aliphatic carbocycles. The van der Waals surface area contributed by atoms with Gasteiger partial charge in [-0.25, -0.2) is 8.42 Å². The molecule has 2 atom stereocenters. The Morgan fingerprint density at radius 3 is 2.10 bits per heavy atom. The Bertz CT molecular complexity index is 1200. The first-order chi connectivity index (χ1) is 17.6. The van der Waals surface area contributed by atoms with E-state index in [1.54, 1.807) is 12.1 Å². The van der Waals surface area contributed by atoms with Gasteiger partial charge in [0.1, 0.15) is 0 Å². The predicted molar refractivity (Wildman–Crippen MR) is 162 cm³/mol. The molecule has 0 radical (unpaired) electrons. The molecule has 0 aromatic heterocycles. The lowest BCUT2D eigenvalue weighted by Crippen LogP contribution is -2.46. The number of sulfone groups is 1. The maximum Gasteiger partial charge on any atom is 0.229 e. The van der Waals surface area contributed by atoms with Crippen molar-refractivity contribution in [3.8, 4) is 0 Å². The van der Waals surface area contributed by atoms with Crippen molar-refractivity contribution in [2.24, 2.45) is 11.3 Å². The standard InChI is InChI=1S/C30H41N3O3S.2ClH/c1-23(2)33-21-26(28(22-33)25-7-5-4-6-8-25)20-31-16-13-30(14-17-31)15-18-32(29(30)34)19-24-9-11-27(12-10-24)37(3,35)36;;/h4-12,23,26,28H,13-22H2,1-3H3;2*1H. The molecule has 3 fully saturated rings. The van der Waals surface area contributed by atoms with E-state index < -0.39 is 9.84 Å². The van der Waals surface area contributed by atoms with Crippen LogP contribution in [0.1, 0.15) is 50.2 Å². The van der Waals surface area contributed by atoms with E-state index in [1.165, 1.54) is 11.8 Å². The number of likely N-dealkylation sites (tertiary alicyclic amines) is 3. The SMILES string of the molecule is CC(C)N1CC(CN2CCC3(CC2)CCN(Cc2ccc(S(C)(=O)=O)cc2)C3=O)C(c2ccccc2)C1.Cl.Cl. The maximum absolute atomic E-state index is 13.5. The van der Waals surface area contributed by atoms with Crippen molar-refractivity contribution in [1.82, 2.24) is 14.7 Å². The highest BCUT2D eigenvalue weighted by molar-refractivity contribution is 7.90. The Morgan fingerprint density at radius 1 is 0.897 bits per heavy atom. The molecule has 1 spiro atoms. The third kappa shape index (κ3) is 6.99. The number of carbonyl (C=O) groups is 1. The van der Waals surface area contributed by atoms with Gasteiger partial charge in [-0.2, -0.15) is 0 Å². The zero-order valence-corrected chi connectivity index (χ0v) is 25.7. The number of hydrogen-bond acceptors (Lipinski definition) is 5. The van der Waals surface area contributed by atoms with Gasteiger partial charge in [0.2, 0.25) is 5.91 Å². The summed E-state index contributed by atoms with van der Waals surface area (Å²) in [7, 11) is -3.21. The molecule has 9 heteroatoms. The molecule has 3 aliphatic heterocycles. The minimum Gasteiger partial charge on any atom is -0.338 e. The van der Waals surface area contributed by atoms with Crippen LogP contribution < -0.4 is 0 Å². The summed E-state index contributed by atoms with van der Waals surface area (Å²) in [4.78, 5) is 21.1. The van der Waals surface area contributed by atoms with Crippen LogP contribution in [-0.4, -0.2) is 80.6 Å². The van der Waals surface area contributed by atoms with E-state index in [2.05, 4.69) is 54.0 Å². The second kappa shape index (κ2) is 12.9. The first-order valence-electron chi connectivity index (χ1n) is 13.7. The fourth-order valence-corrected chi connectivity index (χ4v) is 7.28. The van der Waals surface area contributed by atoms with Crippen molar-refractivity contribution in [2.45, 2.75) is 56.5 Å². The molecule has 3 heterocycles. The average Bonchev–Trinajstić information content (AvgIpc) is 3.43. The molecule has 6 nitrogen and oxygen atoms in total. The smallest absolute Gasteiger partial charge is 0.229 e. The Hall–Kier alpha value is -1.64. The zero-order valence-electron chi connectivity index (χ0n) is 23.3. The fourth-order valence-electron chi connectivity index (χ4n) is 6.65. The summed E-state index contributed by atoms with van der Waals surface area (Å²) < 4.78 is 23.5. The van der Waals surface area contributed by atoms with E-state index in [0.29, 0.717) is 29.3 Å². The van der Waals surface area contributed by atoms with Crippen LogP contribution >= 0.6 is 24.8 Å². The van der Waals surface area contributed by atoms with Crippen molar-refractivity contribution in [3.63, 3.8) is 0 Å². The first kappa shape index (κ1) is 31.9. The summed E-state index contributed by atoms with van der Waals surface area (Å²) in [5.41, 5.74) is 2.22. The van der Waals surface area contributed by atoms with E-state index in [-0.39, 0.29) is 36.1 Å². The van der Waals surface area contributed by atoms with Crippen LogP contribution in [0.15, 0.2) is 59.5 Å². The van der Waals surface area contributed by atoms with E-state index in [9.17, 15) is 13.2 Å². The topological polar surface area (TPSA) is 60.9 Å². The Morgan fingerprint density at radius 2 is 1.51 bits per heavy atom. The van der Waals surface area contributed by atoms with Gasteiger partial charge < -0.3 is 9.80 Å². The van der Waals surface area contributed by atoms with Gasteiger partial charge in [0.15, 0.2) is 9.84 Å². The molecule has 1 amide bonds. The molecule has 39 heavy (non-hydrogen) atoms. The van der Waals surface area contributed by atoms with Gasteiger partial charge in [-0.3, -0.25) is 9.69 Å². The number of nitrogens with zero attached hydrogens (tertiary/aromatic N) is 3. The molecule has 3 aliphatic rings. The Kier molecular flexibility index (Phi) is 10.5. The van der Waals surface area contributed by atoms with Gasteiger partial charge in [-0.15, -0.1) is 24.8 Å². The number of rotatable bonds is 7. The van der Waals surface area contributed by atoms with Crippen LogP contribution in [0.2, 0.25) is 0 Å². The van der Waals surface area contributed by atoms with Gasteiger partial charge in [-0.1, -0.05) is 42.5 Å². The molecule has 216 valence electrons. The van der Waals surface area contributed by atoms with E-state index >= 15 is 0 Å². The maximum atomic E-state index is 13.5. The number of hydrogen-bond donors (Lipinski definition) is 0. The predicted octanol–water partition coefficient (Wildman–Crippen LogP) is 4.87. The van der Waals surface area contributed by atoms with Crippen molar-refractivity contribution in [3.05, 3.63) is 65.7 Å². The van der Waals surface area contributed by atoms with E-state index in [0.717, 1.165) is 64.1 Å². The highest BCUT2D eigenvalue weighted by Crippen LogP contribution is 2.43. The van der Waals surface area contributed by atoms with Crippen molar-refractivity contribution in [2.75, 3.05) is 45.5 Å². The summed E-state index contributed by atoms with van der Waals surface area (Å²) in [6.45, 7) is 11.3. The molecule has 0 bridgehead atoms. The number of carbonyl (C=O) groups excluding carboxylic acids is 1. The van der Waals surface area contributed by atoms with Gasteiger partial charge in [-0.05, 0) is 75.4 Å². The van der Waals surface area contributed by atoms with Crippen molar-refractivity contribution >= 4 is 40.6 Å². The molecular weight excluding hydrogens is 553 g/mol. The number of halogens is 2. The summed E-state index contributed by atoms with van der Waals surface area (Å²) in [5.74, 6) is 1.47. The van der Waals surface area contributed by atoms with E-state index in [4.69, 9.17) is 0 Å². The molecule has 0 N–H and O–H groups in total. The highest BCUT2D eigenvalue weighted by Gasteiger charge is 2.48. The van der Waals surface area contributed by atoms with Gasteiger partial charge in [0.05, 0.1) is 10.3 Å². The van der Waals surface area contributed by atoms with Crippen molar-refractivity contribution in [1.29, 1.82) is 0 Å². The first-order valence-corrected chi connectivity index (χ1v) is 15.6. The van der Waals surface area contributed by atoms with Crippen molar-refractivity contribution < 1.29 is 13.2 Å². The molecule has 2 aromatic carbocycles. The normalized spacial score (nSPS) is 23.7. The third-order valence-electron chi connectivity index (χ3n) is 9.06. The molecule has 5 rings (SSSR count). The molecule has 2 aromatic rings. The van der Waals surface area contributed by atoms with Crippen LogP contribution in [0, 0.1) is 11.3 Å². The number of benzene rings is 2. The van der Waals surface area contributed by atoms with Crippen LogP contribution in [0.3, 0.4) is 0 Å². The monoisotopic (exact) mass is 595 g/mol. The molecular formula is C30H43Cl2N3O3S. The van der Waals surface area contributed by atoms with Crippen LogP contribution in [0.4, 0.5) is 0 Å². The lowest BCUT2D eigenvalue weighted by molar-refractivity contribution is -0.139. The Balaban J connectivity index is 0.00000210. The van der Waals surface area contributed by atoms with Gasteiger partial charge >= 0.3 is 0 Å². The second-order valence-electron chi connectivity index (χ2n) is 11.8. The molecule has 3 saturated heterocycles. The van der Waals surface area contributed by atoms with Crippen LogP contribution in [0.25, 0.3) is 0 Å². The zero-order chi connectivity index (χ0) is 26.2. The lowest BCUT2D eigenvalue weighted by atomic mass is 9.76. The largest absolute Gasteiger partial charge is 0.338 e. The van der Waals surface area contributed by atoms with Gasteiger partial charge in [0, 0.05) is 50.9 Å². The number of piperidine rings is 1. The minimum absolute atomic E-state index is 0.